The summed E-state index contributed by atoms with van der Waals surface area (Å²) in [6.45, 7) is 0.484. The highest BCUT2D eigenvalue weighted by Crippen LogP contribution is 2.34. The quantitative estimate of drug-likeness (QED) is 0.684. The third-order valence-corrected chi connectivity index (χ3v) is 4.00. The third kappa shape index (κ3) is 1.32. The first-order chi connectivity index (χ1) is 7.68. The summed E-state index contributed by atoms with van der Waals surface area (Å²) in [6.07, 6.45) is 3.13. The van der Waals surface area contributed by atoms with Crippen molar-refractivity contribution in [2.75, 3.05) is 6.61 Å². The zero-order valence-corrected chi connectivity index (χ0v) is 9.15. The van der Waals surface area contributed by atoms with Gasteiger partial charge in [-0.2, -0.15) is 12.8 Å². The first kappa shape index (κ1) is 9.74. The van der Waals surface area contributed by atoms with Crippen molar-refractivity contribution in [3.63, 3.8) is 0 Å². The van der Waals surface area contributed by atoms with Crippen molar-refractivity contribution < 1.29 is 13.2 Å². The Morgan fingerprint density at radius 2 is 2.12 bits per heavy atom. The van der Waals surface area contributed by atoms with Gasteiger partial charge in [-0.1, -0.05) is 24.3 Å². The second-order valence-electron chi connectivity index (χ2n) is 3.64. The van der Waals surface area contributed by atoms with Gasteiger partial charge in [-0.3, -0.25) is 0 Å². The highest BCUT2D eigenvalue weighted by atomic mass is 32.2. The predicted molar refractivity (Wildman–Crippen MR) is 58.9 cm³/mol. The molecule has 0 N–H and O–H groups in total. The van der Waals surface area contributed by atoms with E-state index >= 15 is 0 Å². The van der Waals surface area contributed by atoms with E-state index in [0.717, 1.165) is 0 Å². The molecule has 2 heterocycles. The van der Waals surface area contributed by atoms with Crippen molar-refractivity contribution in [3.05, 3.63) is 42.0 Å². The fourth-order valence-electron chi connectivity index (χ4n) is 1.94. The highest BCUT2D eigenvalue weighted by molar-refractivity contribution is 7.90. The smallest absolute Gasteiger partial charge is 0.283 e. The molecule has 1 unspecified atom stereocenters. The molecule has 5 heteroatoms. The molecule has 0 radical (unpaired) electrons. The van der Waals surface area contributed by atoms with Gasteiger partial charge in [-0.05, 0) is 12.1 Å². The van der Waals surface area contributed by atoms with Crippen LogP contribution < -0.4 is 0 Å². The lowest BCUT2D eigenvalue weighted by molar-refractivity contribution is 0.118. The Bertz CT molecular complexity index is 601. The number of nitrogens with zero attached hydrogens (tertiary/aromatic N) is 1. The first-order valence-corrected chi connectivity index (χ1v) is 6.34. The van der Waals surface area contributed by atoms with Crippen LogP contribution in [0.15, 0.2) is 45.7 Å². The molecule has 0 saturated carbocycles. The normalized spacial score (nSPS) is 25.5. The van der Waals surface area contributed by atoms with Crippen molar-refractivity contribution in [2.24, 2.45) is 4.40 Å². The Balaban J connectivity index is 2.31. The van der Waals surface area contributed by atoms with Gasteiger partial charge in [0.1, 0.15) is 6.10 Å². The average molecular weight is 235 g/mol. The molecule has 2 aliphatic rings. The molecule has 82 valence electrons. The fraction of sp³-hybridized carbons (Fsp3) is 0.182. The summed E-state index contributed by atoms with van der Waals surface area (Å²) in [6, 6.07) is 6.83. The Hall–Kier alpha value is -1.46. The van der Waals surface area contributed by atoms with E-state index in [1.54, 1.807) is 36.4 Å². The van der Waals surface area contributed by atoms with Crippen LogP contribution in [0.2, 0.25) is 0 Å². The summed E-state index contributed by atoms with van der Waals surface area (Å²) in [5.41, 5.74) is 1.14. The minimum atomic E-state index is -3.56. The van der Waals surface area contributed by atoms with E-state index in [1.165, 1.54) is 0 Å². The minimum Gasteiger partial charge on any atom is -0.363 e. The second kappa shape index (κ2) is 3.26. The number of rotatable bonds is 0. The fourth-order valence-corrected chi connectivity index (χ4v) is 3.20. The summed E-state index contributed by atoms with van der Waals surface area (Å²) in [5, 5.41) is 0. The maximum Gasteiger partial charge on any atom is 0.283 e. The number of hydrogen-bond acceptors (Lipinski definition) is 3. The van der Waals surface area contributed by atoms with Crippen LogP contribution in [0.3, 0.4) is 0 Å². The second-order valence-corrected chi connectivity index (χ2v) is 5.22. The molecular weight excluding hydrogens is 226 g/mol. The van der Waals surface area contributed by atoms with Gasteiger partial charge in [0, 0.05) is 5.56 Å². The van der Waals surface area contributed by atoms with Crippen molar-refractivity contribution >= 4 is 15.7 Å². The molecule has 0 saturated heterocycles. The Morgan fingerprint density at radius 1 is 1.31 bits per heavy atom. The van der Waals surface area contributed by atoms with Crippen molar-refractivity contribution in [3.8, 4) is 0 Å². The van der Waals surface area contributed by atoms with E-state index in [0.29, 0.717) is 17.9 Å². The lowest BCUT2D eigenvalue weighted by Crippen LogP contribution is -2.25. The van der Waals surface area contributed by atoms with Crippen LogP contribution in [0.25, 0.3) is 0 Å². The highest BCUT2D eigenvalue weighted by Gasteiger charge is 2.33. The van der Waals surface area contributed by atoms with Gasteiger partial charge in [-0.25, -0.2) is 0 Å². The number of benzene rings is 1. The summed E-state index contributed by atoms with van der Waals surface area (Å²) >= 11 is 0. The zero-order valence-electron chi connectivity index (χ0n) is 8.33. The summed E-state index contributed by atoms with van der Waals surface area (Å²) in [4.78, 5) is 0.249. The van der Waals surface area contributed by atoms with Crippen LogP contribution >= 0.6 is 0 Å². The zero-order chi connectivity index (χ0) is 11.2. The SMILES string of the molecule is O=S1(=O)N=C2C=CCOC2c2ccccc21. The largest absolute Gasteiger partial charge is 0.363 e. The van der Waals surface area contributed by atoms with Gasteiger partial charge in [0.2, 0.25) is 0 Å². The van der Waals surface area contributed by atoms with Crippen LogP contribution in [-0.4, -0.2) is 20.7 Å². The minimum absolute atomic E-state index is 0.249. The van der Waals surface area contributed by atoms with E-state index in [1.807, 2.05) is 0 Å². The number of hydrogen-bond donors (Lipinski definition) is 0. The standard InChI is InChI=1S/C11H9NO3S/c13-16(14)10-6-2-1-4-8(10)11-9(12-16)5-3-7-15-11/h1-6,11H,7H2. The predicted octanol–water partition coefficient (Wildman–Crippen LogP) is 1.46. The number of fused-ring (bicyclic) bond motifs is 3. The van der Waals surface area contributed by atoms with Crippen molar-refractivity contribution in [1.82, 2.24) is 0 Å². The van der Waals surface area contributed by atoms with E-state index in [9.17, 15) is 8.42 Å². The lowest BCUT2D eigenvalue weighted by Gasteiger charge is -2.26. The van der Waals surface area contributed by atoms with Crippen LogP contribution in [0, 0.1) is 0 Å². The maximum absolute atomic E-state index is 11.9. The molecule has 3 rings (SSSR count). The van der Waals surface area contributed by atoms with Crippen molar-refractivity contribution in [2.45, 2.75) is 11.0 Å². The van der Waals surface area contributed by atoms with Crippen LogP contribution in [0.4, 0.5) is 0 Å². The molecule has 16 heavy (non-hydrogen) atoms. The first-order valence-electron chi connectivity index (χ1n) is 4.90. The van der Waals surface area contributed by atoms with Gasteiger partial charge in [0.15, 0.2) is 0 Å². The van der Waals surface area contributed by atoms with E-state index < -0.39 is 10.0 Å². The number of sulfonamides is 1. The monoisotopic (exact) mass is 235 g/mol. The Morgan fingerprint density at radius 3 is 3.00 bits per heavy atom. The maximum atomic E-state index is 11.9. The number of ether oxygens (including phenoxy) is 1. The summed E-state index contributed by atoms with van der Waals surface area (Å²) in [5.74, 6) is 0. The van der Waals surface area contributed by atoms with Gasteiger partial charge in [0.05, 0.1) is 17.2 Å². The Kier molecular flexibility index (Phi) is 1.99. The summed E-state index contributed by atoms with van der Waals surface area (Å²) in [7, 11) is -3.56. The molecule has 0 spiro atoms. The van der Waals surface area contributed by atoms with Crippen LogP contribution in [0.5, 0.6) is 0 Å². The van der Waals surface area contributed by atoms with E-state index in [-0.39, 0.29) is 11.0 Å². The Labute approximate surface area is 93.3 Å². The molecule has 0 fully saturated rings. The van der Waals surface area contributed by atoms with Crippen LogP contribution in [0.1, 0.15) is 11.7 Å². The molecule has 0 amide bonds. The average Bonchev–Trinajstić information content (AvgIpc) is 2.29. The van der Waals surface area contributed by atoms with E-state index in [2.05, 4.69) is 4.40 Å². The van der Waals surface area contributed by atoms with Gasteiger partial charge < -0.3 is 4.74 Å². The van der Waals surface area contributed by atoms with Gasteiger partial charge >= 0.3 is 0 Å². The molecule has 1 aromatic rings. The molecule has 1 aromatic carbocycles. The molecule has 0 bridgehead atoms. The molecule has 1 atom stereocenters. The molecule has 0 aromatic heterocycles. The lowest BCUT2D eigenvalue weighted by atomic mass is 10.0. The molecular formula is C11H9NO3S. The van der Waals surface area contributed by atoms with Gasteiger partial charge in [-0.15, -0.1) is 0 Å². The molecule has 2 aliphatic heterocycles. The van der Waals surface area contributed by atoms with Crippen molar-refractivity contribution in [1.29, 1.82) is 0 Å². The van der Waals surface area contributed by atoms with E-state index in [4.69, 9.17) is 4.74 Å². The summed E-state index contributed by atoms with van der Waals surface area (Å²) < 4.78 is 33.0. The topological polar surface area (TPSA) is 55.7 Å². The third-order valence-electron chi connectivity index (χ3n) is 2.62. The van der Waals surface area contributed by atoms with Gasteiger partial charge in [0.25, 0.3) is 10.0 Å². The molecule has 4 nitrogen and oxygen atoms in total. The molecule has 0 aliphatic carbocycles. The van der Waals surface area contributed by atoms with Crippen LogP contribution in [-0.2, 0) is 14.8 Å².